The number of unbranched alkanes of at least 4 members (excludes halogenated alkanes) is 1. The molecule has 1 aromatic carbocycles. The molecular formula is C13H17ClN2O4. The molecule has 110 valence electrons. The summed E-state index contributed by atoms with van der Waals surface area (Å²) in [5.74, 6) is -0.603. The molecule has 7 heteroatoms. The van der Waals surface area contributed by atoms with E-state index in [2.05, 4.69) is 0 Å². The van der Waals surface area contributed by atoms with E-state index in [4.69, 9.17) is 16.3 Å². The van der Waals surface area contributed by atoms with E-state index in [-0.39, 0.29) is 28.6 Å². The molecule has 0 amide bonds. The van der Waals surface area contributed by atoms with Gasteiger partial charge in [-0.05, 0) is 12.5 Å². The van der Waals surface area contributed by atoms with Crippen molar-refractivity contribution >= 4 is 28.9 Å². The van der Waals surface area contributed by atoms with Crippen molar-refractivity contribution in [1.29, 1.82) is 0 Å². The number of carbonyl (C=O) groups is 1. The number of hydrogen-bond acceptors (Lipinski definition) is 5. The summed E-state index contributed by atoms with van der Waals surface area (Å²) < 4.78 is 5.02. The second kappa shape index (κ2) is 7.09. The summed E-state index contributed by atoms with van der Waals surface area (Å²) in [6.07, 6.45) is 1.64. The number of nitro groups is 1. The maximum atomic E-state index is 11.8. The summed E-state index contributed by atoms with van der Waals surface area (Å²) in [6.45, 7) is 2.26. The smallest absolute Gasteiger partial charge is 0.338 e. The average Bonchev–Trinajstić information content (AvgIpc) is 2.37. The van der Waals surface area contributed by atoms with Gasteiger partial charge in [0.1, 0.15) is 5.69 Å². The minimum atomic E-state index is -0.603. The molecule has 0 spiro atoms. The van der Waals surface area contributed by atoms with Crippen LogP contribution in [0.3, 0.4) is 0 Å². The molecule has 0 bridgehead atoms. The van der Waals surface area contributed by atoms with Crippen LogP contribution in [0.15, 0.2) is 12.1 Å². The highest BCUT2D eigenvalue weighted by Crippen LogP contribution is 2.35. The number of ether oxygens (including phenoxy) is 1. The summed E-state index contributed by atoms with van der Waals surface area (Å²) in [7, 11) is 3.29. The Bertz CT molecular complexity index is 517. The van der Waals surface area contributed by atoms with Gasteiger partial charge in [-0.25, -0.2) is 4.79 Å². The van der Waals surface area contributed by atoms with Crippen LogP contribution in [-0.4, -0.2) is 31.6 Å². The monoisotopic (exact) mass is 300 g/mol. The van der Waals surface area contributed by atoms with E-state index in [0.717, 1.165) is 12.8 Å². The summed E-state index contributed by atoms with van der Waals surface area (Å²) in [5.41, 5.74) is 0.134. The van der Waals surface area contributed by atoms with E-state index in [0.29, 0.717) is 0 Å². The molecule has 0 aliphatic carbocycles. The SMILES string of the molecule is CCCCOC(=O)c1cc(Cl)c(N(C)C)c([N+](=O)[O-])c1. The topological polar surface area (TPSA) is 72.7 Å². The van der Waals surface area contributed by atoms with E-state index in [1.54, 1.807) is 14.1 Å². The van der Waals surface area contributed by atoms with Crippen molar-refractivity contribution < 1.29 is 14.5 Å². The Morgan fingerprint density at radius 1 is 1.45 bits per heavy atom. The molecule has 20 heavy (non-hydrogen) atoms. The van der Waals surface area contributed by atoms with Crippen LogP contribution in [0.25, 0.3) is 0 Å². The van der Waals surface area contributed by atoms with E-state index < -0.39 is 10.9 Å². The average molecular weight is 301 g/mol. The summed E-state index contributed by atoms with van der Waals surface area (Å²) in [4.78, 5) is 23.9. The second-order valence-corrected chi connectivity index (χ2v) is 4.87. The molecule has 0 radical (unpaired) electrons. The highest BCUT2D eigenvalue weighted by molar-refractivity contribution is 6.34. The lowest BCUT2D eigenvalue weighted by Gasteiger charge is -2.15. The first-order valence-corrected chi connectivity index (χ1v) is 6.58. The number of benzene rings is 1. The zero-order valence-electron chi connectivity index (χ0n) is 11.7. The Kier molecular flexibility index (Phi) is 5.76. The van der Waals surface area contributed by atoms with Crippen molar-refractivity contribution in [2.45, 2.75) is 19.8 Å². The van der Waals surface area contributed by atoms with Crippen molar-refractivity contribution in [1.82, 2.24) is 0 Å². The van der Waals surface area contributed by atoms with Crippen LogP contribution < -0.4 is 4.90 Å². The molecule has 0 fully saturated rings. The zero-order chi connectivity index (χ0) is 15.3. The summed E-state index contributed by atoms with van der Waals surface area (Å²) in [6, 6.07) is 2.58. The summed E-state index contributed by atoms with van der Waals surface area (Å²) >= 11 is 6.03. The van der Waals surface area contributed by atoms with Crippen molar-refractivity contribution in [3.8, 4) is 0 Å². The number of nitrogens with zero attached hydrogens (tertiary/aromatic N) is 2. The van der Waals surface area contributed by atoms with Crippen molar-refractivity contribution in [3.05, 3.63) is 32.8 Å². The second-order valence-electron chi connectivity index (χ2n) is 4.47. The number of esters is 1. The van der Waals surface area contributed by atoms with Crippen LogP contribution in [0.5, 0.6) is 0 Å². The quantitative estimate of drug-likeness (QED) is 0.349. The third kappa shape index (κ3) is 3.84. The third-order valence-electron chi connectivity index (χ3n) is 2.65. The van der Waals surface area contributed by atoms with E-state index in [9.17, 15) is 14.9 Å². The number of halogens is 1. The molecular weight excluding hydrogens is 284 g/mol. The van der Waals surface area contributed by atoms with Gasteiger partial charge in [-0.2, -0.15) is 0 Å². The van der Waals surface area contributed by atoms with Crippen molar-refractivity contribution in [2.75, 3.05) is 25.6 Å². The molecule has 6 nitrogen and oxygen atoms in total. The summed E-state index contributed by atoms with van der Waals surface area (Å²) in [5, 5.41) is 11.2. The molecule has 0 heterocycles. The van der Waals surface area contributed by atoms with E-state index in [1.807, 2.05) is 6.92 Å². The maximum absolute atomic E-state index is 11.8. The fourth-order valence-corrected chi connectivity index (χ4v) is 2.06. The van der Waals surface area contributed by atoms with Gasteiger partial charge in [0.25, 0.3) is 5.69 Å². The molecule has 0 unspecified atom stereocenters. The lowest BCUT2D eigenvalue weighted by atomic mass is 10.1. The lowest BCUT2D eigenvalue weighted by Crippen LogP contribution is -2.13. The molecule has 0 N–H and O–H groups in total. The Morgan fingerprint density at radius 2 is 2.10 bits per heavy atom. The van der Waals surface area contributed by atoms with Crippen molar-refractivity contribution in [3.63, 3.8) is 0 Å². The van der Waals surface area contributed by atoms with Gasteiger partial charge in [-0.1, -0.05) is 24.9 Å². The molecule has 0 saturated carbocycles. The molecule has 0 aromatic heterocycles. The van der Waals surface area contributed by atoms with Gasteiger partial charge in [-0.15, -0.1) is 0 Å². The molecule has 0 aliphatic rings. The van der Waals surface area contributed by atoms with Gasteiger partial charge in [0.2, 0.25) is 0 Å². The first-order valence-electron chi connectivity index (χ1n) is 6.20. The van der Waals surface area contributed by atoms with E-state index in [1.165, 1.54) is 17.0 Å². The lowest BCUT2D eigenvalue weighted by molar-refractivity contribution is -0.384. The van der Waals surface area contributed by atoms with Crippen LogP contribution >= 0.6 is 11.6 Å². The van der Waals surface area contributed by atoms with Crippen LogP contribution in [0.1, 0.15) is 30.1 Å². The molecule has 1 aromatic rings. The van der Waals surface area contributed by atoms with Crippen LogP contribution in [0, 0.1) is 10.1 Å². The van der Waals surface area contributed by atoms with Gasteiger partial charge in [0, 0.05) is 20.2 Å². The number of rotatable bonds is 6. The molecule has 0 saturated heterocycles. The number of anilines is 1. The number of nitro benzene ring substituents is 1. The minimum absolute atomic E-state index is 0.0865. The number of carbonyl (C=O) groups excluding carboxylic acids is 1. The number of hydrogen-bond donors (Lipinski definition) is 0. The first-order chi connectivity index (χ1) is 9.38. The van der Waals surface area contributed by atoms with Crippen LogP contribution in [-0.2, 0) is 4.74 Å². The molecule has 0 atom stereocenters. The fourth-order valence-electron chi connectivity index (χ4n) is 1.68. The Hall–Kier alpha value is -1.82. The normalized spacial score (nSPS) is 10.2. The fraction of sp³-hybridized carbons (Fsp3) is 0.462. The maximum Gasteiger partial charge on any atom is 0.338 e. The molecule has 0 aliphatic heterocycles. The van der Waals surface area contributed by atoms with Crippen LogP contribution in [0.2, 0.25) is 5.02 Å². The van der Waals surface area contributed by atoms with E-state index >= 15 is 0 Å². The third-order valence-corrected chi connectivity index (χ3v) is 2.94. The highest BCUT2D eigenvalue weighted by Gasteiger charge is 2.23. The molecule has 1 rings (SSSR count). The predicted octanol–water partition coefficient (Wildman–Crippen LogP) is 3.27. The highest BCUT2D eigenvalue weighted by atomic mass is 35.5. The zero-order valence-corrected chi connectivity index (χ0v) is 12.4. The van der Waals surface area contributed by atoms with Crippen LogP contribution in [0.4, 0.5) is 11.4 Å². The van der Waals surface area contributed by atoms with Gasteiger partial charge in [0.05, 0.1) is 22.1 Å². The van der Waals surface area contributed by atoms with Crippen molar-refractivity contribution in [2.24, 2.45) is 0 Å². The Balaban J connectivity index is 3.12. The van der Waals surface area contributed by atoms with Gasteiger partial charge in [-0.3, -0.25) is 10.1 Å². The van der Waals surface area contributed by atoms with Gasteiger partial charge >= 0.3 is 5.97 Å². The largest absolute Gasteiger partial charge is 0.462 e. The predicted molar refractivity (Wildman–Crippen MR) is 77.6 cm³/mol. The first kappa shape index (κ1) is 16.2. The Morgan fingerprint density at radius 3 is 2.60 bits per heavy atom. The minimum Gasteiger partial charge on any atom is -0.462 e. The van der Waals surface area contributed by atoms with Gasteiger partial charge in [0.15, 0.2) is 0 Å². The Labute approximate surface area is 122 Å². The standard InChI is InChI=1S/C13H17ClN2O4/c1-4-5-6-20-13(17)9-7-10(14)12(15(2)3)11(8-9)16(18)19/h7-8H,4-6H2,1-3H3. The van der Waals surface area contributed by atoms with Gasteiger partial charge < -0.3 is 9.64 Å².